The molecule has 1 aromatic carbocycles. The molecule has 0 spiro atoms. The summed E-state index contributed by atoms with van der Waals surface area (Å²) >= 11 is 0. The SMILES string of the molecule is C=C1c2ccccc2C(F)=CN1C(C)C. The van der Waals surface area contributed by atoms with Crippen LogP contribution in [0.25, 0.3) is 11.5 Å². The van der Waals surface area contributed by atoms with Gasteiger partial charge in [-0.3, -0.25) is 0 Å². The molecular weight excluding hydrogens is 189 g/mol. The standard InChI is InChI=1S/C13H14FN/c1-9(2)15-8-13(14)12-7-5-4-6-11(12)10(15)3/h4-9H,3H2,1-2H3. The van der Waals surface area contributed by atoms with E-state index in [-0.39, 0.29) is 11.9 Å². The molecule has 0 bridgehead atoms. The maximum Gasteiger partial charge on any atom is 0.147 e. The highest BCUT2D eigenvalue weighted by Crippen LogP contribution is 2.34. The summed E-state index contributed by atoms with van der Waals surface area (Å²) in [5.74, 6) is -0.188. The van der Waals surface area contributed by atoms with Gasteiger partial charge in [0.2, 0.25) is 0 Å². The Morgan fingerprint density at radius 1 is 1.20 bits per heavy atom. The number of hydrogen-bond acceptors (Lipinski definition) is 1. The monoisotopic (exact) mass is 203 g/mol. The minimum Gasteiger partial charge on any atom is -0.343 e. The average Bonchev–Trinajstić information content (AvgIpc) is 2.23. The Balaban J connectivity index is 2.54. The Kier molecular flexibility index (Phi) is 2.35. The summed E-state index contributed by atoms with van der Waals surface area (Å²) in [7, 11) is 0. The third kappa shape index (κ3) is 1.56. The van der Waals surface area contributed by atoms with Crippen LogP contribution in [0.15, 0.2) is 37.0 Å². The first-order valence-electron chi connectivity index (χ1n) is 5.05. The van der Waals surface area contributed by atoms with Crippen molar-refractivity contribution >= 4 is 11.5 Å². The summed E-state index contributed by atoms with van der Waals surface area (Å²) < 4.78 is 13.7. The molecule has 2 heteroatoms. The van der Waals surface area contributed by atoms with Crippen LogP contribution in [-0.4, -0.2) is 10.9 Å². The predicted octanol–water partition coefficient (Wildman–Crippen LogP) is 3.65. The Bertz CT molecular complexity index is 432. The molecule has 0 aliphatic carbocycles. The average molecular weight is 203 g/mol. The van der Waals surface area contributed by atoms with Crippen molar-refractivity contribution in [1.82, 2.24) is 4.90 Å². The maximum atomic E-state index is 13.7. The molecule has 0 unspecified atom stereocenters. The Hall–Kier alpha value is -1.57. The quantitative estimate of drug-likeness (QED) is 0.673. The van der Waals surface area contributed by atoms with E-state index in [4.69, 9.17) is 0 Å². The first kappa shape index (κ1) is 9.97. The van der Waals surface area contributed by atoms with Crippen LogP contribution >= 0.6 is 0 Å². The van der Waals surface area contributed by atoms with Crippen molar-refractivity contribution in [2.24, 2.45) is 0 Å². The van der Waals surface area contributed by atoms with Crippen molar-refractivity contribution in [2.75, 3.05) is 0 Å². The number of benzene rings is 1. The smallest absolute Gasteiger partial charge is 0.147 e. The summed E-state index contributed by atoms with van der Waals surface area (Å²) in [4.78, 5) is 1.86. The summed E-state index contributed by atoms with van der Waals surface area (Å²) in [5.41, 5.74) is 2.38. The van der Waals surface area contributed by atoms with Crippen molar-refractivity contribution < 1.29 is 4.39 Å². The number of rotatable bonds is 1. The van der Waals surface area contributed by atoms with Gasteiger partial charge in [0.15, 0.2) is 0 Å². The van der Waals surface area contributed by atoms with Crippen molar-refractivity contribution in [3.05, 3.63) is 48.2 Å². The summed E-state index contributed by atoms with van der Waals surface area (Å²) in [6.45, 7) is 8.04. The van der Waals surface area contributed by atoms with E-state index in [1.165, 1.54) is 6.20 Å². The van der Waals surface area contributed by atoms with Crippen LogP contribution in [0, 0.1) is 0 Å². The summed E-state index contributed by atoms with van der Waals surface area (Å²) in [6.07, 6.45) is 1.52. The third-order valence-electron chi connectivity index (χ3n) is 2.62. The molecule has 0 radical (unpaired) electrons. The molecular formula is C13H14FN. The van der Waals surface area contributed by atoms with Crippen molar-refractivity contribution in [3.63, 3.8) is 0 Å². The maximum absolute atomic E-state index is 13.7. The van der Waals surface area contributed by atoms with Crippen LogP contribution in [0.3, 0.4) is 0 Å². The predicted molar refractivity (Wildman–Crippen MR) is 61.5 cm³/mol. The van der Waals surface area contributed by atoms with Crippen LogP contribution in [-0.2, 0) is 0 Å². The summed E-state index contributed by atoms with van der Waals surface area (Å²) in [6, 6.07) is 7.64. The van der Waals surface area contributed by atoms with Crippen molar-refractivity contribution in [3.8, 4) is 0 Å². The van der Waals surface area contributed by atoms with E-state index in [0.29, 0.717) is 5.56 Å². The lowest BCUT2D eigenvalue weighted by atomic mass is 10.00. The second-order valence-corrected chi connectivity index (χ2v) is 3.97. The van der Waals surface area contributed by atoms with Gasteiger partial charge < -0.3 is 4.90 Å². The molecule has 0 fully saturated rings. The zero-order valence-corrected chi connectivity index (χ0v) is 9.00. The number of hydrogen-bond donors (Lipinski definition) is 0. The van der Waals surface area contributed by atoms with Gasteiger partial charge >= 0.3 is 0 Å². The highest BCUT2D eigenvalue weighted by Gasteiger charge is 2.21. The van der Waals surface area contributed by atoms with Crippen LogP contribution in [0.1, 0.15) is 25.0 Å². The van der Waals surface area contributed by atoms with Gasteiger partial charge in [-0.1, -0.05) is 30.8 Å². The minimum atomic E-state index is -0.188. The first-order chi connectivity index (χ1) is 7.11. The molecule has 0 saturated heterocycles. The molecule has 1 aliphatic rings. The van der Waals surface area contributed by atoms with Gasteiger partial charge in [0.25, 0.3) is 0 Å². The van der Waals surface area contributed by atoms with Gasteiger partial charge in [0.05, 0.1) is 0 Å². The van der Waals surface area contributed by atoms with Gasteiger partial charge in [-0.15, -0.1) is 0 Å². The fourth-order valence-electron chi connectivity index (χ4n) is 1.81. The van der Waals surface area contributed by atoms with E-state index < -0.39 is 0 Å². The molecule has 2 rings (SSSR count). The Morgan fingerprint density at radius 3 is 2.40 bits per heavy atom. The van der Waals surface area contributed by atoms with Crippen LogP contribution in [0.5, 0.6) is 0 Å². The first-order valence-corrected chi connectivity index (χ1v) is 5.05. The van der Waals surface area contributed by atoms with E-state index in [0.717, 1.165) is 11.3 Å². The fourth-order valence-corrected chi connectivity index (χ4v) is 1.81. The van der Waals surface area contributed by atoms with E-state index in [9.17, 15) is 4.39 Å². The summed E-state index contributed by atoms with van der Waals surface area (Å²) in [5, 5.41) is 0. The Labute approximate surface area is 89.5 Å². The van der Waals surface area contributed by atoms with E-state index >= 15 is 0 Å². The second-order valence-electron chi connectivity index (χ2n) is 3.97. The molecule has 1 aromatic rings. The van der Waals surface area contributed by atoms with Crippen LogP contribution in [0.2, 0.25) is 0 Å². The topological polar surface area (TPSA) is 3.24 Å². The van der Waals surface area contributed by atoms with Crippen LogP contribution in [0.4, 0.5) is 4.39 Å². The van der Waals surface area contributed by atoms with E-state index in [2.05, 4.69) is 6.58 Å². The lowest BCUT2D eigenvalue weighted by Crippen LogP contribution is -2.26. The number of fused-ring (bicyclic) bond motifs is 1. The van der Waals surface area contributed by atoms with Crippen molar-refractivity contribution in [1.29, 1.82) is 0 Å². The molecule has 78 valence electrons. The number of halogens is 1. The molecule has 0 aromatic heterocycles. The molecule has 1 nitrogen and oxygen atoms in total. The number of nitrogens with zero attached hydrogens (tertiary/aromatic N) is 1. The largest absolute Gasteiger partial charge is 0.343 e. The molecule has 0 saturated carbocycles. The molecule has 0 amide bonds. The van der Waals surface area contributed by atoms with Gasteiger partial charge in [0.1, 0.15) is 5.83 Å². The zero-order chi connectivity index (χ0) is 11.0. The zero-order valence-electron chi connectivity index (χ0n) is 9.00. The van der Waals surface area contributed by atoms with Crippen LogP contribution < -0.4 is 0 Å². The minimum absolute atomic E-state index is 0.188. The fraction of sp³-hybridized carbons (Fsp3) is 0.231. The highest BCUT2D eigenvalue weighted by atomic mass is 19.1. The van der Waals surface area contributed by atoms with Gasteiger partial charge in [-0.25, -0.2) is 4.39 Å². The van der Waals surface area contributed by atoms with Gasteiger partial charge in [-0.2, -0.15) is 0 Å². The molecule has 0 N–H and O–H groups in total. The third-order valence-corrected chi connectivity index (χ3v) is 2.62. The van der Waals surface area contributed by atoms with Crippen molar-refractivity contribution in [2.45, 2.75) is 19.9 Å². The lowest BCUT2D eigenvalue weighted by Gasteiger charge is -2.31. The Morgan fingerprint density at radius 2 is 1.80 bits per heavy atom. The normalized spacial score (nSPS) is 15.3. The van der Waals surface area contributed by atoms with E-state index in [1.54, 1.807) is 6.07 Å². The molecule has 1 aliphatic heterocycles. The molecule has 1 heterocycles. The van der Waals surface area contributed by atoms with Gasteiger partial charge in [-0.05, 0) is 13.8 Å². The second kappa shape index (κ2) is 3.54. The molecule has 15 heavy (non-hydrogen) atoms. The lowest BCUT2D eigenvalue weighted by molar-refractivity contribution is 0.430. The molecule has 0 atom stereocenters. The van der Waals surface area contributed by atoms with E-state index in [1.807, 2.05) is 36.9 Å². The van der Waals surface area contributed by atoms with Gasteiger partial charge in [0, 0.05) is 29.1 Å². The highest BCUT2D eigenvalue weighted by molar-refractivity contribution is 5.80.